The van der Waals surface area contributed by atoms with Crippen LogP contribution in [0.4, 0.5) is 0 Å². The molecule has 0 saturated heterocycles. The molecule has 0 aliphatic rings. The standard InChI is InChI=1S/C70H110O6/c1-4-7-10-13-16-18-20-22-24-26-28-29-30-31-32-33-34-35-36-37-38-39-40-41-43-44-46-48-50-52-54-57-60-63-69(72)75-66-67(65-74-68(71)62-59-56-15-12-9-6-3)76-70(73)64-61-58-55-53-51-49-47-45-42-27-25-23-21-19-17-14-11-8-5-2/h7-8,10-11,16-19,22-25,28-29,31-32,34-35,37-38,40-42,44-46,67H,4-6,9,12-15,20-21,26-27,30,33,36,39,43,47-66H2,1-3H3/b10-7-,11-8-,18-16-,19-17-,24-22-,25-23-,29-28-,32-31-,35-34-,38-37-,41-40-,45-42-,46-44-. The molecular weight excluding hydrogens is 937 g/mol. The predicted molar refractivity (Wildman–Crippen MR) is 329 cm³/mol. The lowest BCUT2D eigenvalue weighted by Gasteiger charge is -2.18. The van der Waals surface area contributed by atoms with Gasteiger partial charge in [0.15, 0.2) is 6.10 Å². The minimum absolute atomic E-state index is 0.0959. The predicted octanol–water partition coefficient (Wildman–Crippen LogP) is 20.9. The van der Waals surface area contributed by atoms with Crippen LogP contribution in [0.3, 0.4) is 0 Å². The third-order valence-corrected chi connectivity index (χ3v) is 12.3. The van der Waals surface area contributed by atoms with Crippen LogP contribution in [0.1, 0.15) is 245 Å². The Bertz CT molecular complexity index is 1720. The van der Waals surface area contributed by atoms with Crippen molar-refractivity contribution in [1.29, 1.82) is 0 Å². The Balaban J connectivity index is 4.21. The number of unbranched alkanes of at least 4 members (excludes halogenated alkanes) is 16. The molecule has 0 N–H and O–H groups in total. The Hall–Kier alpha value is -4.97. The largest absolute Gasteiger partial charge is 0.462 e. The fraction of sp³-hybridized carbons (Fsp3) is 0.586. The van der Waals surface area contributed by atoms with Crippen LogP contribution >= 0.6 is 0 Å². The highest BCUT2D eigenvalue weighted by Crippen LogP contribution is 2.13. The van der Waals surface area contributed by atoms with Crippen LogP contribution in [0, 0.1) is 0 Å². The zero-order valence-corrected chi connectivity index (χ0v) is 48.7. The smallest absolute Gasteiger partial charge is 0.306 e. The van der Waals surface area contributed by atoms with Crippen molar-refractivity contribution in [2.75, 3.05) is 13.2 Å². The van der Waals surface area contributed by atoms with E-state index in [1.54, 1.807) is 0 Å². The molecule has 0 aromatic rings. The number of carbonyl (C=O) groups excluding carboxylic acids is 3. The van der Waals surface area contributed by atoms with Crippen molar-refractivity contribution in [3.05, 3.63) is 158 Å². The van der Waals surface area contributed by atoms with Crippen LogP contribution in [0.15, 0.2) is 158 Å². The van der Waals surface area contributed by atoms with Gasteiger partial charge in [0.05, 0.1) is 0 Å². The summed E-state index contributed by atoms with van der Waals surface area (Å²) in [5, 5.41) is 0. The van der Waals surface area contributed by atoms with Gasteiger partial charge in [-0.25, -0.2) is 0 Å². The van der Waals surface area contributed by atoms with E-state index in [1.165, 1.54) is 32.1 Å². The Morgan fingerprint density at radius 3 is 0.803 bits per heavy atom. The van der Waals surface area contributed by atoms with E-state index in [0.717, 1.165) is 173 Å². The average molecular weight is 1050 g/mol. The first-order valence-electron chi connectivity index (χ1n) is 30.5. The molecule has 1 unspecified atom stereocenters. The summed E-state index contributed by atoms with van der Waals surface area (Å²) in [6.07, 6.45) is 91.3. The van der Waals surface area contributed by atoms with Crippen molar-refractivity contribution >= 4 is 17.9 Å². The minimum atomic E-state index is -0.798. The molecule has 0 bridgehead atoms. The summed E-state index contributed by atoms with van der Waals surface area (Å²) in [6.45, 7) is 6.31. The summed E-state index contributed by atoms with van der Waals surface area (Å²) >= 11 is 0. The molecule has 0 rings (SSSR count). The molecule has 0 aromatic heterocycles. The molecule has 426 valence electrons. The quantitative estimate of drug-likeness (QED) is 0.0261. The third-order valence-electron chi connectivity index (χ3n) is 12.3. The van der Waals surface area contributed by atoms with Crippen LogP contribution in [-0.2, 0) is 28.6 Å². The fourth-order valence-corrected chi connectivity index (χ4v) is 7.78. The Kier molecular flexibility index (Phi) is 58.5. The molecule has 0 aromatic carbocycles. The molecule has 0 saturated carbocycles. The van der Waals surface area contributed by atoms with Crippen LogP contribution in [0.25, 0.3) is 0 Å². The topological polar surface area (TPSA) is 78.9 Å². The lowest BCUT2D eigenvalue weighted by Crippen LogP contribution is -2.30. The SMILES string of the molecule is CC/C=C\C/C=C\C/C=C\C/C=C\C/C=C\C/C=C\C/C=C\C/C=C\C/C=C\CCCCCCCC(=O)OCC(COC(=O)CCCCCCCC)OC(=O)CCCCCCCC/C=C\C/C=C\C/C=C\C/C=C\CC. The second-order valence-corrected chi connectivity index (χ2v) is 19.5. The maximum Gasteiger partial charge on any atom is 0.306 e. The number of hydrogen-bond acceptors (Lipinski definition) is 6. The van der Waals surface area contributed by atoms with Gasteiger partial charge >= 0.3 is 17.9 Å². The Morgan fingerprint density at radius 1 is 0.276 bits per heavy atom. The molecule has 6 heteroatoms. The Labute approximate surface area is 467 Å². The molecule has 0 heterocycles. The van der Waals surface area contributed by atoms with E-state index < -0.39 is 6.10 Å². The highest BCUT2D eigenvalue weighted by Gasteiger charge is 2.19. The molecule has 0 spiro atoms. The van der Waals surface area contributed by atoms with Gasteiger partial charge in [-0.15, -0.1) is 0 Å². The molecule has 0 radical (unpaired) electrons. The lowest BCUT2D eigenvalue weighted by molar-refractivity contribution is -0.167. The molecule has 6 nitrogen and oxygen atoms in total. The number of hydrogen-bond donors (Lipinski definition) is 0. The van der Waals surface area contributed by atoms with Crippen LogP contribution < -0.4 is 0 Å². The Morgan fingerprint density at radius 2 is 0.513 bits per heavy atom. The van der Waals surface area contributed by atoms with Crippen LogP contribution in [0.5, 0.6) is 0 Å². The normalized spacial score (nSPS) is 13.2. The summed E-state index contributed by atoms with van der Waals surface area (Å²) in [7, 11) is 0. The molecular formula is C70H110O6. The van der Waals surface area contributed by atoms with Crippen molar-refractivity contribution in [3.63, 3.8) is 0 Å². The lowest BCUT2D eigenvalue weighted by atomic mass is 10.1. The maximum absolute atomic E-state index is 12.8. The molecule has 0 aliphatic carbocycles. The van der Waals surface area contributed by atoms with E-state index in [2.05, 4.69) is 179 Å². The van der Waals surface area contributed by atoms with Gasteiger partial charge in [-0.05, 0) is 128 Å². The van der Waals surface area contributed by atoms with Crippen molar-refractivity contribution < 1.29 is 28.6 Å². The van der Waals surface area contributed by atoms with E-state index in [1.807, 2.05) is 0 Å². The summed E-state index contributed by atoms with van der Waals surface area (Å²) in [4.78, 5) is 37.9. The summed E-state index contributed by atoms with van der Waals surface area (Å²) in [5.74, 6) is -0.947. The van der Waals surface area contributed by atoms with E-state index in [4.69, 9.17) is 14.2 Å². The first kappa shape index (κ1) is 71.0. The van der Waals surface area contributed by atoms with Crippen molar-refractivity contribution in [1.82, 2.24) is 0 Å². The van der Waals surface area contributed by atoms with E-state index >= 15 is 0 Å². The van der Waals surface area contributed by atoms with Gasteiger partial charge in [0.1, 0.15) is 13.2 Å². The molecule has 0 aliphatic heterocycles. The third kappa shape index (κ3) is 59.9. The van der Waals surface area contributed by atoms with E-state index in [-0.39, 0.29) is 31.1 Å². The monoisotopic (exact) mass is 1050 g/mol. The van der Waals surface area contributed by atoms with Crippen molar-refractivity contribution in [2.45, 2.75) is 252 Å². The van der Waals surface area contributed by atoms with Gasteiger partial charge in [0.25, 0.3) is 0 Å². The van der Waals surface area contributed by atoms with Gasteiger partial charge in [-0.3, -0.25) is 14.4 Å². The highest BCUT2D eigenvalue weighted by molar-refractivity contribution is 5.71. The number of allylic oxidation sites excluding steroid dienone is 26. The summed E-state index contributed by atoms with van der Waals surface area (Å²) in [5.41, 5.74) is 0. The van der Waals surface area contributed by atoms with Gasteiger partial charge in [0, 0.05) is 19.3 Å². The highest BCUT2D eigenvalue weighted by atomic mass is 16.6. The van der Waals surface area contributed by atoms with Gasteiger partial charge < -0.3 is 14.2 Å². The zero-order chi connectivity index (χ0) is 55.0. The van der Waals surface area contributed by atoms with Crippen molar-refractivity contribution in [3.8, 4) is 0 Å². The molecule has 1 atom stereocenters. The summed E-state index contributed by atoms with van der Waals surface area (Å²) < 4.78 is 16.7. The number of ether oxygens (including phenoxy) is 3. The average Bonchev–Trinajstić information content (AvgIpc) is 3.42. The second kappa shape index (κ2) is 62.6. The first-order valence-corrected chi connectivity index (χ1v) is 30.5. The zero-order valence-electron chi connectivity index (χ0n) is 48.7. The first-order chi connectivity index (χ1) is 37.5. The maximum atomic E-state index is 12.8. The molecule has 0 amide bonds. The van der Waals surface area contributed by atoms with Crippen molar-refractivity contribution in [2.24, 2.45) is 0 Å². The van der Waals surface area contributed by atoms with Gasteiger partial charge in [-0.1, -0.05) is 256 Å². The van der Waals surface area contributed by atoms with Crippen LogP contribution in [-0.4, -0.2) is 37.2 Å². The van der Waals surface area contributed by atoms with Crippen LogP contribution in [0.2, 0.25) is 0 Å². The molecule has 76 heavy (non-hydrogen) atoms. The number of esters is 3. The second-order valence-electron chi connectivity index (χ2n) is 19.5. The van der Waals surface area contributed by atoms with Gasteiger partial charge in [-0.2, -0.15) is 0 Å². The number of rotatable bonds is 53. The van der Waals surface area contributed by atoms with E-state index in [9.17, 15) is 14.4 Å². The minimum Gasteiger partial charge on any atom is -0.462 e. The summed E-state index contributed by atoms with van der Waals surface area (Å²) in [6, 6.07) is 0. The van der Waals surface area contributed by atoms with E-state index in [0.29, 0.717) is 19.3 Å². The van der Waals surface area contributed by atoms with Gasteiger partial charge in [0.2, 0.25) is 0 Å². The molecule has 0 fully saturated rings. The number of carbonyl (C=O) groups is 3. The fourth-order valence-electron chi connectivity index (χ4n) is 7.78.